The predicted octanol–water partition coefficient (Wildman–Crippen LogP) is 2.75. The van der Waals surface area contributed by atoms with Gasteiger partial charge in [0.2, 0.25) is 0 Å². The highest BCUT2D eigenvalue weighted by atomic mass is 35.5. The molecule has 0 radical (unpaired) electrons. The van der Waals surface area contributed by atoms with Crippen molar-refractivity contribution >= 4 is 17.3 Å². The van der Waals surface area contributed by atoms with Crippen molar-refractivity contribution in [1.29, 1.82) is 0 Å². The van der Waals surface area contributed by atoms with Crippen LogP contribution in [0.25, 0.3) is 0 Å². The van der Waals surface area contributed by atoms with Crippen LogP contribution in [-0.2, 0) is 0 Å². The summed E-state index contributed by atoms with van der Waals surface area (Å²) in [5.74, 6) is 0.206. The van der Waals surface area contributed by atoms with E-state index in [-0.39, 0.29) is 29.0 Å². The molecule has 0 saturated heterocycles. The molecule has 0 bridgehead atoms. The number of halogens is 1. The van der Waals surface area contributed by atoms with Crippen molar-refractivity contribution in [3.8, 4) is 5.75 Å². The monoisotopic (exact) mass is 270 g/mol. The van der Waals surface area contributed by atoms with E-state index in [2.05, 4.69) is 0 Å². The highest BCUT2D eigenvalue weighted by molar-refractivity contribution is 6.30. The number of nitrogens with zero attached hydrogens (tertiary/aromatic N) is 1. The molecular formula is C12H15ClN2O3. The summed E-state index contributed by atoms with van der Waals surface area (Å²) < 4.78 is 5.70. The minimum Gasteiger partial charge on any atom is -0.483 e. The molecule has 1 aromatic carbocycles. The number of hydrogen-bond acceptors (Lipinski definition) is 4. The van der Waals surface area contributed by atoms with Gasteiger partial charge in [-0.15, -0.1) is 0 Å². The van der Waals surface area contributed by atoms with Gasteiger partial charge in [-0.1, -0.05) is 25.4 Å². The van der Waals surface area contributed by atoms with Gasteiger partial charge in [-0.2, -0.15) is 0 Å². The third-order valence-corrected chi connectivity index (χ3v) is 3.88. The molecule has 0 spiro atoms. The fraction of sp³-hybridized carbons (Fsp3) is 0.500. The highest BCUT2D eigenvalue weighted by Crippen LogP contribution is 2.43. The Balaban J connectivity index is 2.24. The molecule has 1 aromatic rings. The van der Waals surface area contributed by atoms with Gasteiger partial charge in [-0.3, -0.25) is 10.1 Å². The Bertz CT molecular complexity index is 490. The molecule has 1 aliphatic rings. The van der Waals surface area contributed by atoms with Crippen LogP contribution in [0.4, 0.5) is 5.69 Å². The molecule has 0 aliphatic heterocycles. The number of nitro benzene ring substituents is 1. The van der Waals surface area contributed by atoms with Crippen LogP contribution < -0.4 is 10.5 Å². The Morgan fingerprint density at radius 1 is 1.56 bits per heavy atom. The van der Waals surface area contributed by atoms with Crippen molar-refractivity contribution < 1.29 is 9.66 Å². The molecule has 1 fully saturated rings. The summed E-state index contributed by atoms with van der Waals surface area (Å²) >= 11 is 5.84. The van der Waals surface area contributed by atoms with Crippen LogP contribution in [0.2, 0.25) is 5.02 Å². The summed E-state index contributed by atoms with van der Waals surface area (Å²) in [5.41, 5.74) is 5.63. The van der Waals surface area contributed by atoms with E-state index in [1.807, 2.05) is 13.8 Å². The van der Waals surface area contributed by atoms with E-state index in [0.29, 0.717) is 11.4 Å². The van der Waals surface area contributed by atoms with Crippen molar-refractivity contribution in [3.05, 3.63) is 33.3 Å². The van der Waals surface area contributed by atoms with Gasteiger partial charge in [0.05, 0.1) is 4.92 Å². The fourth-order valence-electron chi connectivity index (χ4n) is 2.00. The first-order valence-corrected chi connectivity index (χ1v) is 6.06. The summed E-state index contributed by atoms with van der Waals surface area (Å²) in [6.07, 6.45) is 0.570. The van der Waals surface area contributed by atoms with Crippen molar-refractivity contribution in [2.75, 3.05) is 0 Å². The van der Waals surface area contributed by atoms with Crippen LogP contribution in [0.5, 0.6) is 5.75 Å². The van der Waals surface area contributed by atoms with Gasteiger partial charge in [-0.25, -0.2) is 0 Å². The Morgan fingerprint density at radius 3 is 2.72 bits per heavy atom. The summed E-state index contributed by atoms with van der Waals surface area (Å²) in [7, 11) is 0. The van der Waals surface area contributed by atoms with E-state index in [9.17, 15) is 10.1 Å². The lowest BCUT2D eigenvalue weighted by atomic mass is 9.65. The van der Waals surface area contributed by atoms with E-state index < -0.39 is 4.92 Å². The summed E-state index contributed by atoms with van der Waals surface area (Å²) in [4.78, 5) is 10.4. The Kier molecular flexibility index (Phi) is 3.21. The summed E-state index contributed by atoms with van der Waals surface area (Å²) in [6, 6.07) is 4.35. The van der Waals surface area contributed by atoms with Crippen molar-refractivity contribution in [2.45, 2.75) is 32.4 Å². The zero-order chi connectivity index (χ0) is 13.5. The number of nitro groups is 1. The van der Waals surface area contributed by atoms with E-state index in [1.165, 1.54) is 18.2 Å². The first-order valence-electron chi connectivity index (χ1n) is 5.68. The normalized spacial score (nSPS) is 25.3. The Hall–Kier alpha value is -1.33. The zero-order valence-electron chi connectivity index (χ0n) is 10.2. The molecule has 0 amide bonds. The molecule has 2 unspecified atom stereocenters. The average Bonchev–Trinajstić information content (AvgIpc) is 2.28. The van der Waals surface area contributed by atoms with Crippen LogP contribution in [0.15, 0.2) is 18.2 Å². The van der Waals surface area contributed by atoms with Gasteiger partial charge in [0.15, 0.2) is 5.75 Å². The van der Waals surface area contributed by atoms with Crippen LogP contribution in [0.3, 0.4) is 0 Å². The number of nitrogens with two attached hydrogens (primary N) is 1. The lowest BCUT2D eigenvalue weighted by Gasteiger charge is -2.49. The zero-order valence-corrected chi connectivity index (χ0v) is 11.0. The second-order valence-corrected chi connectivity index (χ2v) is 5.58. The SMILES string of the molecule is CC1(C)C(N)CC1Oc1cc(Cl)ccc1[N+](=O)[O-]. The third-order valence-electron chi connectivity index (χ3n) is 3.64. The number of ether oxygens (including phenoxy) is 1. The molecule has 6 heteroatoms. The van der Waals surface area contributed by atoms with E-state index in [1.54, 1.807) is 0 Å². The lowest BCUT2D eigenvalue weighted by molar-refractivity contribution is -0.386. The summed E-state index contributed by atoms with van der Waals surface area (Å²) in [6.45, 7) is 3.98. The molecule has 0 heterocycles. The topological polar surface area (TPSA) is 78.4 Å². The molecule has 0 aromatic heterocycles. The molecule has 1 aliphatic carbocycles. The molecule has 2 atom stereocenters. The van der Waals surface area contributed by atoms with Crippen molar-refractivity contribution in [2.24, 2.45) is 11.1 Å². The minimum absolute atomic E-state index is 0.0562. The second-order valence-electron chi connectivity index (χ2n) is 5.14. The quantitative estimate of drug-likeness (QED) is 0.677. The van der Waals surface area contributed by atoms with Crippen LogP contribution in [0, 0.1) is 15.5 Å². The molecular weight excluding hydrogens is 256 g/mol. The molecule has 1 saturated carbocycles. The van der Waals surface area contributed by atoms with E-state index in [4.69, 9.17) is 22.1 Å². The molecule has 98 valence electrons. The molecule has 2 N–H and O–H groups in total. The predicted molar refractivity (Wildman–Crippen MR) is 68.9 cm³/mol. The fourth-order valence-corrected chi connectivity index (χ4v) is 2.16. The maximum absolute atomic E-state index is 10.9. The van der Waals surface area contributed by atoms with Crippen molar-refractivity contribution in [3.63, 3.8) is 0 Å². The van der Waals surface area contributed by atoms with Gasteiger partial charge in [0.1, 0.15) is 6.10 Å². The maximum atomic E-state index is 10.9. The molecule has 2 rings (SSSR count). The van der Waals surface area contributed by atoms with Crippen LogP contribution in [0.1, 0.15) is 20.3 Å². The standard InChI is InChI=1S/C12H15ClN2O3/c1-12(2)10(14)6-11(12)18-9-5-7(13)3-4-8(9)15(16)17/h3-5,10-11H,6,14H2,1-2H3. The van der Waals surface area contributed by atoms with E-state index >= 15 is 0 Å². The average molecular weight is 271 g/mol. The van der Waals surface area contributed by atoms with Crippen LogP contribution >= 0.6 is 11.6 Å². The molecule has 5 nitrogen and oxygen atoms in total. The third kappa shape index (κ3) is 2.15. The van der Waals surface area contributed by atoms with E-state index in [0.717, 1.165) is 0 Å². The number of rotatable bonds is 3. The Labute approximate surface area is 110 Å². The Morgan fingerprint density at radius 2 is 2.22 bits per heavy atom. The second kappa shape index (κ2) is 4.40. The number of hydrogen-bond donors (Lipinski definition) is 1. The lowest BCUT2D eigenvalue weighted by Crippen LogP contribution is -2.60. The number of benzene rings is 1. The first kappa shape index (κ1) is 13.1. The molecule has 18 heavy (non-hydrogen) atoms. The van der Waals surface area contributed by atoms with Gasteiger partial charge < -0.3 is 10.5 Å². The largest absolute Gasteiger partial charge is 0.483 e. The van der Waals surface area contributed by atoms with Gasteiger partial charge in [-0.05, 0) is 6.07 Å². The van der Waals surface area contributed by atoms with Gasteiger partial charge >= 0.3 is 5.69 Å². The smallest absolute Gasteiger partial charge is 0.311 e. The van der Waals surface area contributed by atoms with Crippen molar-refractivity contribution in [1.82, 2.24) is 0 Å². The maximum Gasteiger partial charge on any atom is 0.311 e. The van der Waals surface area contributed by atoms with Gasteiger partial charge in [0, 0.05) is 35.0 Å². The first-order chi connectivity index (χ1) is 8.32. The van der Waals surface area contributed by atoms with Crippen LogP contribution in [-0.4, -0.2) is 17.1 Å². The summed E-state index contributed by atoms with van der Waals surface area (Å²) in [5, 5.41) is 11.3. The minimum atomic E-state index is -0.475. The highest BCUT2D eigenvalue weighted by Gasteiger charge is 2.48. The van der Waals surface area contributed by atoms with Gasteiger partial charge in [0.25, 0.3) is 0 Å².